The first-order valence-electron chi connectivity index (χ1n) is 8.24. The van der Waals surface area contributed by atoms with Crippen LogP contribution in [-0.2, 0) is 6.54 Å². The van der Waals surface area contributed by atoms with Crippen molar-refractivity contribution in [1.29, 1.82) is 0 Å². The van der Waals surface area contributed by atoms with Crippen LogP contribution in [0.25, 0.3) is 22.4 Å². The molecule has 114 valence electrons. The Balaban J connectivity index is 1.98. The fourth-order valence-electron chi connectivity index (χ4n) is 3.46. The first-order chi connectivity index (χ1) is 11.3. The Hall–Kier alpha value is -2.61. The fraction of sp³-hybridized carbons (Fsp3) is 0.190. The van der Waals surface area contributed by atoms with Crippen LogP contribution in [0.1, 0.15) is 35.7 Å². The zero-order chi connectivity index (χ0) is 15.8. The number of aromatic nitrogens is 1. The molecule has 0 saturated heterocycles. The van der Waals surface area contributed by atoms with Crippen LogP contribution in [0, 0.1) is 0 Å². The molecule has 1 aliphatic carbocycles. The molecule has 3 aromatic rings. The molecule has 0 fully saturated rings. The molecule has 0 spiro atoms. The summed E-state index contributed by atoms with van der Waals surface area (Å²) in [4.78, 5) is 12.7. The summed E-state index contributed by atoms with van der Waals surface area (Å²) in [6.45, 7) is 3.14. The SMILES string of the molecule is CCCCn1cc2c(c1-c1ccccc1)-c1ccccc1C2=O. The lowest BCUT2D eigenvalue weighted by Gasteiger charge is -2.12. The molecule has 1 heterocycles. The fourth-order valence-corrected chi connectivity index (χ4v) is 3.46. The average molecular weight is 301 g/mol. The van der Waals surface area contributed by atoms with Crippen LogP contribution in [0.4, 0.5) is 0 Å². The zero-order valence-electron chi connectivity index (χ0n) is 13.3. The highest BCUT2D eigenvalue weighted by Crippen LogP contribution is 2.44. The lowest BCUT2D eigenvalue weighted by Crippen LogP contribution is -2.01. The van der Waals surface area contributed by atoms with Gasteiger partial charge in [-0.1, -0.05) is 67.9 Å². The maximum absolute atomic E-state index is 12.7. The van der Waals surface area contributed by atoms with Gasteiger partial charge in [0.25, 0.3) is 0 Å². The molecule has 0 N–H and O–H groups in total. The van der Waals surface area contributed by atoms with Crippen molar-refractivity contribution < 1.29 is 4.79 Å². The molecular weight excluding hydrogens is 282 g/mol. The molecule has 23 heavy (non-hydrogen) atoms. The third-order valence-electron chi connectivity index (χ3n) is 4.56. The van der Waals surface area contributed by atoms with Gasteiger partial charge in [-0.15, -0.1) is 0 Å². The Bertz CT molecular complexity index is 874. The predicted molar refractivity (Wildman–Crippen MR) is 93.6 cm³/mol. The molecule has 0 amide bonds. The van der Waals surface area contributed by atoms with Gasteiger partial charge < -0.3 is 4.57 Å². The first-order valence-corrected chi connectivity index (χ1v) is 8.24. The third kappa shape index (κ3) is 2.14. The number of benzene rings is 2. The van der Waals surface area contributed by atoms with E-state index >= 15 is 0 Å². The molecule has 0 bridgehead atoms. The van der Waals surface area contributed by atoms with Gasteiger partial charge >= 0.3 is 0 Å². The molecule has 2 heteroatoms. The minimum Gasteiger partial charge on any atom is -0.346 e. The maximum Gasteiger partial charge on any atom is 0.195 e. The number of rotatable bonds is 4. The van der Waals surface area contributed by atoms with E-state index in [1.165, 1.54) is 11.3 Å². The van der Waals surface area contributed by atoms with Gasteiger partial charge in [0.05, 0.1) is 5.69 Å². The van der Waals surface area contributed by atoms with Crippen molar-refractivity contribution in [3.05, 3.63) is 71.9 Å². The highest BCUT2D eigenvalue weighted by atomic mass is 16.1. The number of fused-ring (bicyclic) bond motifs is 3. The van der Waals surface area contributed by atoms with Crippen LogP contribution in [0.3, 0.4) is 0 Å². The molecule has 4 rings (SSSR count). The Morgan fingerprint density at radius 1 is 0.870 bits per heavy atom. The molecule has 2 aromatic carbocycles. The van der Waals surface area contributed by atoms with Crippen LogP contribution < -0.4 is 0 Å². The Kier molecular flexibility index (Phi) is 3.38. The van der Waals surface area contributed by atoms with Crippen molar-refractivity contribution >= 4 is 5.78 Å². The topological polar surface area (TPSA) is 22.0 Å². The first kappa shape index (κ1) is 14.0. The zero-order valence-corrected chi connectivity index (χ0v) is 13.3. The van der Waals surface area contributed by atoms with Crippen LogP contribution in [0.2, 0.25) is 0 Å². The summed E-state index contributed by atoms with van der Waals surface area (Å²) >= 11 is 0. The number of hydrogen-bond acceptors (Lipinski definition) is 1. The van der Waals surface area contributed by atoms with Crippen LogP contribution in [0.15, 0.2) is 60.8 Å². The van der Waals surface area contributed by atoms with E-state index in [0.717, 1.165) is 41.6 Å². The highest BCUT2D eigenvalue weighted by molar-refractivity contribution is 6.23. The van der Waals surface area contributed by atoms with Crippen LogP contribution >= 0.6 is 0 Å². The largest absolute Gasteiger partial charge is 0.346 e. The van der Waals surface area contributed by atoms with Gasteiger partial charge in [0.2, 0.25) is 0 Å². The monoisotopic (exact) mass is 301 g/mol. The summed E-state index contributed by atoms with van der Waals surface area (Å²) in [6, 6.07) is 18.4. The predicted octanol–water partition coefficient (Wildman–Crippen LogP) is 5.17. The lowest BCUT2D eigenvalue weighted by molar-refractivity contribution is 0.104. The number of carbonyl (C=O) groups is 1. The summed E-state index contributed by atoms with van der Waals surface area (Å²) in [6.07, 6.45) is 4.31. The molecule has 0 radical (unpaired) electrons. The van der Waals surface area contributed by atoms with Crippen molar-refractivity contribution in [2.24, 2.45) is 0 Å². The summed E-state index contributed by atoms with van der Waals surface area (Å²) in [7, 11) is 0. The molecular formula is C21H19NO. The molecule has 1 aromatic heterocycles. The Labute approximate surface area is 136 Å². The van der Waals surface area contributed by atoms with E-state index in [-0.39, 0.29) is 5.78 Å². The summed E-state index contributed by atoms with van der Waals surface area (Å²) in [5, 5.41) is 0. The molecule has 2 nitrogen and oxygen atoms in total. The second-order valence-electron chi connectivity index (χ2n) is 6.05. The average Bonchev–Trinajstić information content (AvgIpc) is 3.10. The van der Waals surface area contributed by atoms with Crippen molar-refractivity contribution in [2.75, 3.05) is 0 Å². The molecule has 0 atom stereocenters. The molecule has 0 aliphatic heterocycles. The van der Waals surface area contributed by atoms with E-state index in [2.05, 4.69) is 48.0 Å². The standard InChI is InChI=1S/C21H19NO/c1-2-3-13-22-14-18-19(20(22)15-9-5-4-6-10-15)16-11-7-8-12-17(16)21(18)23/h4-12,14H,2-3,13H2,1H3. The van der Waals surface area contributed by atoms with Crippen molar-refractivity contribution in [1.82, 2.24) is 4.57 Å². The quantitative estimate of drug-likeness (QED) is 0.510. The van der Waals surface area contributed by atoms with E-state index in [9.17, 15) is 4.79 Å². The number of ketones is 1. The Morgan fingerprint density at radius 2 is 1.57 bits per heavy atom. The van der Waals surface area contributed by atoms with Crippen molar-refractivity contribution in [3.8, 4) is 22.4 Å². The minimum atomic E-state index is 0.156. The third-order valence-corrected chi connectivity index (χ3v) is 4.56. The number of hydrogen-bond donors (Lipinski definition) is 0. The van der Waals surface area contributed by atoms with Gasteiger partial charge in [0, 0.05) is 29.4 Å². The minimum absolute atomic E-state index is 0.156. The van der Waals surface area contributed by atoms with E-state index in [1.807, 2.05) is 24.3 Å². The van der Waals surface area contributed by atoms with Gasteiger partial charge in [-0.2, -0.15) is 0 Å². The summed E-state index contributed by atoms with van der Waals surface area (Å²) in [5.41, 5.74) is 6.20. The van der Waals surface area contributed by atoms with Gasteiger partial charge in [0.15, 0.2) is 5.78 Å². The number of nitrogens with zero attached hydrogens (tertiary/aromatic N) is 1. The second kappa shape index (κ2) is 5.54. The normalized spacial score (nSPS) is 12.3. The van der Waals surface area contributed by atoms with Crippen LogP contribution in [-0.4, -0.2) is 10.4 Å². The number of unbranched alkanes of at least 4 members (excludes halogenated alkanes) is 1. The van der Waals surface area contributed by atoms with E-state index in [4.69, 9.17) is 0 Å². The van der Waals surface area contributed by atoms with Gasteiger partial charge in [-0.25, -0.2) is 0 Å². The molecule has 0 saturated carbocycles. The molecule has 0 unspecified atom stereocenters. The summed E-state index contributed by atoms with van der Waals surface area (Å²) in [5.74, 6) is 0.156. The second-order valence-corrected chi connectivity index (χ2v) is 6.05. The number of carbonyl (C=O) groups excluding carboxylic acids is 1. The molecule has 1 aliphatic rings. The highest BCUT2D eigenvalue weighted by Gasteiger charge is 2.32. The van der Waals surface area contributed by atoms with Crippen LogP contribution in [0.5, 0.6) is 0 Å². The van der Waals surface area contributed by atoms with Crippen molar-refractivity contribution in [2.45, 2.75) is 26.3 Å². The van der Waals surface area contributed by atoms with E-state index in [0.29, 0.717) is 0 Å². The van der Waals surface area contributed by atoms with Crippen molar-refractivity contribution in [3.63, 3.8) is 0 Å². The smallest absolute Gasteiger partial charge is 0.195 e. The van der Waals surface area contributed by atoms with Gasteiger partial charge in [0.1, 0.15) is 0 Å². The van der Waals surface area contributed by atoms with E-state index in [1.54, 1.807) is 0 Å². The van der Waals surface area contributed by atoms with Gasteiger partial charge in [-0.3, -0.25) is 4.79 Å². The summed E-state index contributed by atoms with van der Waals surface area (Å²) < 4.78 is 2.26. The maximum atomic E-state index is 12.7. The van der Waals surface area contributed by atoms with E-state index < -0.39 is 0 Å². The van der Waals surface area contributed by atoms with Gasteiger partial charge in [-0.05, 0) is 17.5 Å². The number of aryl methyl sites for hydroxylation is 1. The Morgan fingerprint density at radius 3 is 2.30 bits per heavy atom. The lowest BCUT2D eigenvalue weighted by atomic mass is 10.0.